The third kappa shape index (κ3) is 3.63. The minimum atomic E-state index is -4.65. The fraction of sp³-hybridized carbons (Fsp3) is 0.923. The van der Waals surface area contributed by atoms with Crippen LogP contribution in [0.25, 0.3) is 0 Å². The molecule has 0 aliphatic carbocycles. The molecule has 0 bridgehead atoms. The first-order chi connectivity index (χ1) is 9.09. The van der Waals surface area contributed by atoms with Gasteiger partial charge < -0.3 is 14.2 Å². The van der Waals surface area contributed by atoms with Crippen molar-refractivity contribution >= 4 is 5.97 Å². The van der Waals surface area contributed by atoms with Crippen LogP contribution in [0.5, 0.6) is 0 Å². The molecule has 1 fully saturated rings. The van der Waals surface area contributed by atoms with Crippen LogP contribution >= 0.6 is 0 Å². The monoisotopic (exact) mass is 298 g/mol. The Morgan fingerprint density at radius 3 is 2.00 bits per heavy atom. The summed E-state index contributed by atoms with van der Waals surface area (Å²) in [5, 5.41) is 0. The number of rotatable bonds is 3. The summed E-state index contributed by atoms with van der Waals surface area (Å²) in [4.78, 5) is 11.7. The van der Waals surface area contributed by atoms with E-state index in [9.17, 15) is 18.0 Å². The van der Waals surface area contributed by atoms with Gasteiger partial charge >= 0.3 is 12.1 Å². The molecule has 0 spiro atoms. The number of halogens is 3. The summed E-state index contributed by atoms with van der Waals surface area (Å²) in [5.74, 6) is -2.99. The lowest BCUT2D eigenvalue weighted by molar-refractivity contribution is -0.349. The molecule has 0 unspecified atom stereocenters. The van der Waals surface area contributed by atoms with Crippen LogP contribution in [-0.2, 0) is 19.0 Å². The molecule has 118 valence electrons. The molecule has 0 aromatic carbocycles. The Bertz CT molecular complexity index is 341. The Hall–Kier alpha value is -0.820. The lowest BCUT2D eigenvalue weighted by Gasteiger charge is -2.43. The van der Waals surface area contributed by atoms with Crippen molar-refractivity contribution < 1.29 is 32.2 Å². The number of alkyl halides is 3. The number of esters is 1. The third-order valence-electron chi connectivity index (χ3n) is 3.25. The second-order valence-electron chi connectivity index (χ2n) is 5.60. The molecule has 0 aromatic heterocycles. The van der Waals surface area contributed by atoms with Gasteiger partial charge in [-0.3, -0.25) is 4.79 Å². The zero-order valence-electron chi connectivity index (χ0n) is 12.2. The smallest absolute Gasteiger partial charge is 0.415 e. The quantitative estimate of drug-likeness (QED) is 0.752. The Labute approximate surface area is 116 Å². The zero-order chi connectivity index (χ0) is 15.7. The van der Waals surface area contributed by atoms with Gasteiger partial charge in [0.25, 0.3) is 0 Å². The van der Waals surface area contributed by atoms with Crippen LogP contribution in [0, 0.1) is 17.8 Å². The summed E-state index contributed by atoms with van der Waals surface area (Å²) < 4.78 is 54.5. The first kappa shape index (κ1) is 17.2. The van der Waals surface area contributed by atoms with Gasteiger partial charge in [0.15, 0.2) is 12.4 Å². The molecule has 1 aliphatic heterocycles. The predicted octanol–water partition coefficient (Wildman–Crippen LogP) is 2.76. The highest BCUT2D eigenvalue weighted by Gasteiger charge is 2.57. The van der Waals surface area contributed by atoms with E-state index in [0.717, 1.165) is 7.11 Å². The van der Waals surface area contributed by atoms with Gasteiger partial charge in [-0.2, -0.15) is 13.2 Å². The molecule has 1 heterocycles. The molecule has 1 rings (SSSR count). The van der Waals surface area contributed by atoms with Gasteiger partial charge in [-0.25, -0.2) is 0 Å². The van der Waals surface area contributed by atoms with E-state index >= 15 is 0 Å². The van der Waals surface area contributed by atoms with E-state index in [1.165, 1.54) is 0 Å². The van der Waals surface area contributed by atoms with E-state index in [0.29, 0.717) is 0 Å². The molecule has 0 amide bonds. The Balaban J connectivity index is 3.15. The highest BCUT2D eigenvalue weighted by atomic mass is 19.4. The molecule has 0 aromatic rings. The first-order valence-electron chi connectivity index (χ1n) is 6.55. The average Bonchev–Trinajstić information content (AvgIpc) is 2.34. The van der Waals surface area contributed by atoms with Crippen molar-refractivity contribution in [1.29, 1.82) is 0 Å². The summed E-state index contributed by atoms with van der Waals surface area (Å²) in [6.45, 7) is 6.81. The van der Waals surface area contributed by atoms with E-state index in [1.54, 1.807) is 27.7 Å². The van der Waals surface area contributed by atoms with Gasteiger partial charge in [0.05, 0.1) is 13.2 Å². The molecule has 0 radical (unpaired) electrons. The van der Waals surface area contributed by atoms with Crippen molar-refractivity contribution in [2.45, 2.75) is 52.4 Å². The molecular formula is C13H21F3O4. The molecule has 7 heteroatoms. The Morgan fingerprint density at radius 2 is 1.65 bits per heavy atom. The van der Waals surface area contributed by atoms with E-state index in [-0.39, 0.29) is 11.8 Å². The summed E-state index contributed by atoms with van der Waals surface area (Å²) in [6, 6.07) is 0. The summed E-state index contributed by atoms with van der Waals surface area (Å²) in [7, 11) is 1.06. The molecule has 20 heavy (non-hydrogen) atoms. The minimum Gasteiger partial charge on any atom is -0.469 e. The van der Waals surface area contributed by atoms with Gasteiger partial charge in [-0.1, -0.05) is 27.7 Å². The molecule has 1 aliphatic rings. The van der Waals surface area contributed by atoms with Crippen LogP contribution in [0.4, 0.5) is 13.2 Å². The van der Waals surface area contributed by atoms with Crippen LogP contribution in [0.15, 0.2) is 0 Å². The lowest BCUT2D eigenvalue weighted by atomic mass is 9.86. The van der Waals surface area contributed by atoms with Crippen molar-refractivity contribution in [1.82, 2.24) is 0 Å². The SMILES string of the molecule is COC(=O)[C@H]1[C@@H](C(C)C)O[C@@H](C(C)C)O[C@H]1C(F)(F)F. The molecule has 0 saturated carbocycles. The van der Waals surface area contributed by atoms with E-state index in [4.69, 9.17) is 9.47 Å². The number of hydrogen-bond acceptors (Lipinski definition) is 4. The van der Waals surface area contributed by atoms with E-state index in [1.807, 2.05) is 0 Å². The maximum absolute atomic E-state index is 13.2. The van der Waals surface area contributed by atoms with Gasteiger partial charge in [0.2, 0.25) is 0 Å². The number of hydrogen-bond donors (Lipinski definition) is 0. The van der Waals surface area contributed by atoms with Crippen LogP contribution in [0.1, 0.15) is 27.7 Å². The second-order valence-corrected chi connectivity index (χ2v) is 5.60. The standard InChI is InChI=1S/C13H21F3O4/c1-6(2)9-8(11(17)18-5)10(13(14,15)16)20-12(19-9)7(3)4/h6-10,12H,1-5H3/t8-,9+,10+,12+/m0/s1. The van der Waals surface area contributed by atoms with Crippen molar-refractivity contribution in [3.63, 3.8) is 0 Å². The van der Waals surface area contributed by atoms with Gasteiger partial charge in [-0.15, -0.1) is 0 Å². The maximum Gasteiger partial charge on any atom is 0.415 e. The van der Waals surface area contributed by atoms with Gasteiger partial charge in [-0.05, 0) is 5.92 Å². The lowest BCUT2D eigenvalue weighted by Crippen LogP contribution is -2.58. The van der Waals surface area contributed by atoms with Crippen LogP contribution in [0.3, 0.4) is 0 Å². The van der Waals surface area contributed by atoms with Gasteiger partial charge in [0.1, 0.15) is 5.92 Å². The normalized spacial score (nSPS) is 31.7. The highest BCUT2D eigenvalue weighted by molar-refractivity contribution is 5.74. The van der Waals surface area contributed by atoms with Crippen molar-refractivity contribution in [2.75, 3.05) is 7.11 Å². The van der Waals surface area contributed by atoms with Crippen LogP contribution in [-0.4, -0.2) is 37.8 Å². The summed E-state index contributed by atoms with van der Waals surface area (Å²) in [6.07, 6.45) is -8.74. The van der Waals surface area contributed by atoms with Gasteiger partial charge in [0, 0.05) is 5.92 Å². The Kier molecular flexibility index (Phi) is 5.43. The second kappa shape index (κ2) is 6.30. The molecule has 1 saturated heterocycles. The highest BCUT2D eigenvalue weighted by Crippen LogP contribution is 2.40. The van der Waals surface area contributed by atoms with Crippen molar-refractivity contribution in [3.05, 3.63) is 0 Å². The average molecular weight is 298 g/mol. The minimum absolute atomic E-state index is 0.250. The number of carbonyl (C=O) groups excluding carboxylic acids is 1. The molecule has 4 atom stereocenters. The molecule has 4 nitrogen and oxygen atoms in total. The fourth-order valence-electron chi connectivity index (χ4n) is 2.23. The fourth-order valence-corrected chi connectivity index (χ4v) is 2.23. The maximum atomic E-state index is 13.2. The first-order valence-corrected chi connectivity index (χ1v) is 6.55. The van der Waals surface area contributed by atoms with Crippen LogP contribution < -0.4 is 0 Å². The number of carbonyl (C=O) groups is 1. The largest absolute Gasteiger partial charge is 0.469 e. The van der Waals surface area contributed by atoms with Crippen LogP contribution in [0.2, 0.25) is 0 Å². The van der Waals surface area contributed by atoms with Crippen molar-refractivity contribution in [2.24, 2.45) is 17.8 Å². The number of ether oxygens (including phenoxy) is 3. The van der Waals surface area contributed by atoms with E-state index < -0.39 is 36.6 Å². The van der Waals surface area contributed by atoms with Crippen molar-refractivity contribution in [3.8, 4) is 0 Å². The molecular weight excluding hydrogens is 277 g/mol. The van der Waals surface area contributed by atoms with E-state index in [2.05, 4.69) is 4.74 Å². The Morgan fingerprint density at radius 1 is 1.10 bits per heavy atom. The number of methoxy groups -OCH3 is 1. The summed E-state index contributed by atoms with van der Waals surface area (Å²) >= 11 is 0. The predicted molar refractivity (Wildman–Crippen MR) is 64.8 cm³/mol. The third-order valence-corrected chi connectivity index (χ3v) is 3.25. The molecule has 0 N–H and O–H groups in total. The topological polar surface area (TPSA) is 44.8 Å². The summed E-state index contributed by atoms with van der Waals surface area (Å²) in [5.41, 5.74) is 0. The zero-order valence-corrected chi connectivity index (χ0v) is 12.2.